The third kappa shape index (κ3) is 3.20. The zero-order valence-electron chi connectivity index (χ0n) is 12.1. The van der Waals surface area contributed by atoms with Crippen LogP contribution in [0, 0.1) is 12.8 Å². The van der Waals surface area contributed by atoms with Gasteiger partial charge in [-0.05, 0) is 19.4 Å². The van der Waals surface area contributed by atoms with Crippen molar-refractivity contribution < 1.29 is 0 Å². The Morgan fingerprint density at radius 1 is 1.37 bits per heavy atom. The van der Waals surface area contributed by atoms with E-state index in [1.807, 2.05) is 24.6 Å². The second kappa shape index (κ2) is 5.97. The number of aromatic nitrogens is 4. The van der Waals surface area contributed by atoms with E-state index >= 15 is 0 Å². The van der Waals surface area contributed by atoms with Crippen molar-refractivity contribution in [1.29, 1.82) is 0 Å². The van der Waals surface area contributed by atoms with Gasteiger partial charge >= 0.3 is 0 Å². The molecule has 0 unspecified atom stereocenters. The van der Waals surface area contributed by atoms with Crippen LogP contribution in [0.5, 0.6) is 0 Å². The molecule has 0 aromatic carbocycles. The van der Waals surface area contributed by atoms with Crippen LogP contribution in [0.25, 0.3) is 5.65 Å². The lowest BCUT2D eigenvalue weighted by atomic mass is 10.2. The first-order valence-corrected chi connectivity index (χ1v) is 6.67. The average molecular weight is 262 g/mol. The minimum absolute atomic E-state index is 0.672. The molecule has 1 N–H and O–H groups in total. The molecule has 0 aliphatic heterocycles. The highest BCUT2D eigenvalue weighted by Crippen LogP contribution is 2.15. The van der Waals surface area contributed by atoms with Crippen LogP contribution in [0.2, 0.25) is 0 Å². The lowest BCUT2D eigenvalue weighted by Crippen LogP contribution is -2.31. The van der Waals surface area contributed by atoms with Crippen molar-refractivity contribution in [2.45, 2.75) is 20.8 Å². The summed E-state index contributed by atoms with van der Waals surface area (Å²) in [6.45, 7) is 9.22. The van der Waals surface area contributed by atoms with Crippen LogP contribution in [-0.2, 0) is 0 Å². The minimum Gasteiger partial charge on any atom is -0.355 e. The van der Waals surface area contributed by atoms with E-state index in [4.69, 9.17) is 0 Å². The molecule has 6 heteroatoms. The molecule has 0 aliphatic rings. The predicted molar refractivity (Wildman–Crippen MR) is 76.5 cm³/mol. The largest absolute Gasteiger partial charge is 0.355 e. The third-order valence-corrected chi connectivity index (χ3v) is 3.02. The second-order valence-electron chi connectivity index (χ2n) is 5.21. The van der Waals surface area contributed by atoms with Crippen LogP contribution >= 0.6 is 0 Å². The lowest BCUT2D eigenvalue weighted by Gasteiger charge is -2.19. The van der Waals surface area contributed by atoms with Gasteiger partial charge in [0.15, 0.2) is 5.82 Å². The summed E-state index contributed by atoms with van der Waals surface area (Å²) in [6.07, 6.45) is 3.68. The van der Waals surface area contributed by atoms with E-state index in [2.05, 4.69) is 39.2 Å². The molecule has 0 aliphatic carbocycles. The molecule has 0 saturated heterocycles. The molecule has 2 heterocycles. The fourth-order valence-electron chi connectivity index (χ4n) is 1.94. The predicted octanol–water partition coefficient (Wildman–Crippen LogP) is 1.11. The lowest BCUT2D eigenvalue weighted by molar-refractivity contribution is 0.554. The van der Waals surface area contributed by atoms with E-state index in [1.54, 1.807) is 6.20 Å². The van der Waals surface area contributed by atoms with Crippen molar-refractivity contribution in [3.63, 3.8) is 0 Å². The first-order chi connectivity index (χ1) is 9.09. The van der Waals surface area contributed by atoms with Gasteiger partial charge in [-0.25, -0.2) is 4.98 Å². The standard InChI is InChI=1S/C13H22N6/c1-10(2)9-14-5-7-18(4)12-13-17-16-11(3)19(13)8-6-15-12/h6,8,10,14H,5,7,9H2,1-4H3. The zero-order chi connectivity index (χ0) is 13.8. The Hall–Kier alpha value is -1.69. The number of nitrogens with zero attached hydrogens (tertiary/aromatic N) is 5. The first-order valence-electron chi connectivity index (χ1n) is 6.67. The SMILES string of the molecule is Cc1nnc2c(N(C)CCNCC(C)C)nccn12. The Kier molecular flexibility index (Phi) is 4.31. The van der Waals surface area contributed by atoms with E-state index in [1.165, 1.54) is 0 Å². The Labute approximate surface area is 113 Å². The summed E-state index contributed by atoms with van der Waals surface area (Å²) in [5.41, 5.74) is 0.811. The molecule has 0 amide bonds. The Bertz CT molecular complexity index is 533. The van der Waals surface area contributed by atoms with Gasteiger partial charge in [0, 0.05) is 32.5 Å². The highest BCUT2D eigenvalue weighted by atomic mass is 15.3. The molecule has 0 radical (unpaired) electrons. The number of hydrogen-bond donors (Lipinski definition) is 1. The minimum atomic E-state index is 0.672. The monoisotopic (exact) mass is 262 g/mol. The number of nitrogens with one attached hydrogen (secondary N) is 1. The van der Waals surface area contributed by atoms with Crippen LogP contribution < -0.4 is 10.2 Å². The number of rotatable bonds is 6. The highest BCUT2D eigenvalue weighted by molar-refractivity contribution is 5.63. The Morgan fingerprint density at radius 3 is 2.89 bits per heavy atom. The molecule has 0 fully saturated rings. The molecule has 2 aromatic heterocycles. The molecule has 2 aromatic rings. The number of hydrogen-bond acceptors (Lipinski definition) is 5. The Balaban J connectivity index is 2.03. The van der Waals surface area contributed by atoms with E-state index in [0.29, 0.717) is 5.92 Å². The van der Waals surface area contributed by atoms with Crippen LogP contribution in [0.3, 0.4) is 0 Å². The van der Waals surface area contributed by atoms with Crippen molar-refractivity contribution in [1.82, 2.24) is 24.9 Å². The molecule has 0 bridgehead atoms. The summed E-state index contributed by atoms with van der Waals surface area (Å²) < 4.78 is 1.96. The van der Waals surface area contributed by atoms with Gasteiger partial charge in [0.2, 0.25) is 5.65 Å². The second-order valence-corrected chi connectivity index (χ2v) is 5.21. The summed E-state index contributed by atoms with van der Waals surface area (Å²) in [5.74, 6) is 2.42. The van der Waals surface area contributed by atoms with Crippen molar-refractivity contribution in [3.8, 4) is 0 Å². The van der Waals surface area contributed by atoms with Crippen molar-refractivity contribution in [2.24, 2.45) is 5.92 Å². The zero-order valence-corrected chi connectivity index (χ0v) is 12.1. The van der Waals surface area contributed by atoms with Crippen molar-refractivity contribution in [2.75, 3.05) is 31.6 Å². The molecule has 0 saturated carbocycles. The van der Waals surface area contributed by atoms with Crippen LogP contribution in [-0.4, -0.2) is 46.3 Å². The number of likely N-dealkylation sites (N-methyl/N-ethyl adjacent to an activating group) is 1. The average Bonchev–Trinajstić information content (AvgIpc) is 2.76. The molecule has 19 heavy (non-hydrogen) atoms. The molecule has 6 nitrogen and oxygen atoms in total. The van der Waals surface area contributed by atoms with Gasteiger partial charge in [0.1, 0.15) is 5.82 Å². The molecule has 2 rings (SSSR count). The smallest absolute Gasteiger partial charge is 0.203 e. The van der Waals surface area contributed by atoms with E-state index in [-0.39, 0.29) is 0 Å². The number of fused-ring (bicyclic) bond motifs is 1. The first kappa shape index (κ1) is 13.7. The number of aryl methyl sites for hydroxylation is 1. The van der Waals surface area contributed by atoms with E-state index in [0.717, 1.165) is 36.9 Å². The number of anilines is 1. The van der Waals surface area contributed by atoms with Gasteiger partial charge in [0.25, 0.3) is 0 Å². The summed E-state index contributed by atoms with van der Waals surface area (Å²) >= 11 is 0. The van der Waals surface area contributed by atoms with E-state index < -0.39 is 0 Å². The maximum Gasteiger partial charge on any atom is 0.203 e. The molecular formula is C13H22N6. The van der Waals surface area contributed by atoms with Gasteiger partial charge in [-0.3, -0.25) is 4.40 Å². The van der Waals surface area contributed by atoms with Crippen LogP contribution in [0.4, 0.5) is 5.82 Å². The topological polar surface area (TPSA) is 58.4 Å². The molecule has 0 atom stereocenters. The van der Waals surface area contributed by atoms with Gasteiger partial charge in [-0.15, -0.1) is 10.2 Å². The van der Waals surface area contributed by atoms with Crippen LogP contribution in [0.15, 0.2) is 12.4 Å². The fraction of sp³-hybridized carbons (Fsp3) is 0.615. The van der Waals surface area contributed by atoms with Crippen molar-refractivity contribution in [3.05, 3.63) is 18.2 Å². The van der Waals surface area contributed by atoms with Gasteiger partial charge in [-0.2, -0.15) is 0 Å². The summed E-state index contributed by atoms with van der Waals surface area (Å²) in [4.78, 5) is 6.52. The Morgan fingerprint density at radius 2 is 2.16 bits per heavy atom. The van der Waals surface area contributed by atoms with Gasteiger partial charge in [-0.1, -0.05) is 13.8 Å². The third-order valence-electron chi connectivity index (χ3n) is 3.02. The maximum absolute atomic E-state index is 4.41. The fourth-order valence-corrected chi connectivity index (χ4v) is 1.94. The van der Waals surface area contributed by atoms with E-state index in [9.17, 15) is 0 Å². The summed E-state index contributed by atoms with van der Waals surface area (Å²) in [7, 11) is 2.03. The normalized spacial score (nSPS) is 11.4. The van der Waals surface area contributed by atoms with Gasteiger partial charge < -0.3 is 10.2 Å². The van der Waals surface area contributed by atoms with Crippen molar-refractivity contribution >= 4 is 11.5 Å². The maximum atomic E-state index is 4.41. The quantitative estimate of drug-likeness (QED) is 0.790. The molecule has 104 valence electrons. The van der Waals surface area contributed by atoms with Crippen LogP contribution in [0.1, 0.15) is 19.7 Å². The highest BCUT2D eigenvalue weighted by Gasteiger charge is 2.11. The summed E-state index contributed by atoms with van der Waals surface area (Å²) in [6, 6.07) is 0. The molecular weight excluding hydrogens is 240 g/mol. The molecule has 0 spiro atoms. The van der Waals surface area contributed by atoms with Gasteiger partial charge in [0.05, 0.1) is 0 Å². The summed E-state index contributed by atoms with van der Waals surface area (Å²) in [5, 5.41) is 11.7.